The molecular weight excluding hydrogens is 406 g/mol. The van der Waals surface area contributed by atoms with Crippen molar-refractivity contribution >= 4 is 25.5 Å². The van der Waals surface area contributed by atoms with Crippen molar-refractivity contribution in [2.45, 2.75) is 24.0 Å². The molecule has 3 rings (SSSR count). The van der Waals surface area contributed by atoms with Crippen molar-refractivity contribution in [3.8, 4) is 11.5 Å². The Morgan fingerprint density at radius 3 is 2.43 bits per heavy atom. The molecule has 1 saturated heterocycles. The molecule has 2 aromatic rings. The predicted octanol–water partition coefficient (Wildman–Crippen LogP) is 1.06. The van der Waals surface area contributed by atoms with E-state index in [9.17, 15) is 27.0 Å². The summed E-state index contributed by atoms with van der Waals surface area (Å²) < 4.78 is 57.3. The molecule has 8 nitrogen and oxygen atoms in total. The van der Waals surface area contributed by atoms with Gasteiger partial charge in [0.05, 0.1) is 36.4 Å². The number of aliphatic hydroxyl groups is 1. The van der Waals surface area contributed by atoms with E-state index < -0.39 is 43.5 Å². The molecule has 1 heterocycles. The first kappa shape index (κ1) is 20.4. The Morgan fingerprint density at radius 1 is 1.14 bits per heavy atom. The average Bonchev–Trinajstić information content (AvgIpc) is 2.87. The molecule has 0 saturated carbocycles. The second kappa shape index (κ2) is 7.26. The van der Waals surface area contributed by atoms with Gasteiger partial charge in [-0.2, -0.15) is 0 Å². The van der Waals surface area contributed by atoms with Crippen LogP contribution >= 0.6 is 0 Å². The number of aryl methyl sites for hydroxylation is 1. The number of benzene rings is 2. The molecule has 10 heteroatoms. The van der Waals surface area contributed by atoms with Crippen LogP contribution in [0.5, 0.6) is 11.5 Å². The van der Waals surface area contributed by atoms with Gasteiger partial charge in [0.2, 0.25) is 0 Å². The monoisotopic (exact) mass is 427 g/mol. The third kappa shape index (κ3) is 3.80. The van der Waals surface area contributed by atoms with Crippen LogP contribution < -0.4 is 9.04 Å². The summed E-state index contributed by atoms with van der Waals surface area (Å²) in [5.74, 6) is -1.17. The van der Waals surface area contributed by atoms with Crippen molar-refractivity contribution < 1.29 is 31.8 Å². The van der Waals surface area contributed by atoms with Crippen molar-refractivity contribution in [3.63, 3.8) is 0 Å². The highest BCUT2D eigenvalue weighted by atomic mass is 32.2. The molecular formula is C18H21NO7S2. The molecule has 2 N–H and O–H groups in total. The van der Waals surface area contributed by atoms with E-state index in [1.165, 1.54) is 43.5 Å². The quantitative estimate of drug-likeness (QED) is 0.732. The van der Waals surface area contributed by atoms with Gasteiger partial charge >= 0.3 is 0 Å². The van der Waals surface area contributed by atoms with E-state index in [4.69, 9.17) is 4.74 Å². The zero-order valence-corrected chi connectivity index (χ0v) is 16.9. The van der Waals surface area contributed by atoms with Crippen molar-refractivity contribution in [2.75, 3.05) is 22.9 Å². The van der Waals surface area contributed by atoms with Crippen LogP contribution in [0.1, 0.15) is 5.56 Å². The molecule has 1 fully saturated rings. The molecule has 0 radical (unpaired) electrons. The fourth-order valence-electron chi connectivity index (χ4n) is 3.26. The fourth-order valence-corrected chi connectivity index (χ4v) is 7.04. The first-order valence-corrected chi connectivity index (χ1v) is 11.7. The maximum Gasteiger partial charge on any atom is 0.268 e. The topological polar surface area (TPSA) is 121 Å². The van der Waals surface area contributed by atoms with Gasteiger partial charge in [-0.15, -0.1) is 0 Å². The molecule has 2 atom stereocenters. The van der Waals surface area contributed by atoms with Crippen molar-refractivity contribution in [2.24, 2.45) is 0 Å². The number of sulfone groups is 1. The molecule has 0 unspecified atom stereocenters. The first-order valence-electron chi connectivity index (χ1n) is 8.42. The summed E-state index contributed by atoms with van der Waals surface area (Å²) in [6.07, 6.45) is -1.40. The zero-order chi connectivity index (χ0) is 20.7. The summed E-state index contributed by atoms with van der Waals surface area (Å²) in [5, 5.41) is 20.2. The number of aliphatic hydroxyl groups excluding tert-OH is 1. The van der Waals surface area contributed by atoms with Gasteiger partial charge in [-0.05, 0) is 36.8 Å². The molecule has 1 aliphatic heterocycles. The normalized spacial score (nSPS) is 21.4. The van der Waals surface area contributed by atoms with Gasteiger partial charge in [0.15, 0.2) is 9.84 Å². The van der Waals surface area contributed by atoms with Gasteiger partial charge in [-0.3, -0.25) is 4.31 Å². The van der Waals surface area contributed by atoms with Gasteiger partial charge in [-0.1, -0.05) is 12.1 Å². The summed E-state index contributed by atoms with van der Waals surface area (Å²) in [6, 6.07) is 8.81. The van der Waals surface area contributed by atoms with Gasteiger partial charge in [0, 0.05) is 6.07 Å². The highest BCUT2D eigenvalue weighted by Crippen LogP contribution is 2.36. The van der Waals surface area contributed by atoms with Gasteiger partial charge in [0.1, 0.15) is 16.4 Å². The van der Waals surface area contributed by atoms with E-state index in [1.54, 1.807) is 13.0 Å². The number of ether oxygens (including phenoxy) is 1. The molecule has 0 bridgehead atoms. The second-order valence-electron chi connectivity index (χ2n) is 6.69. The van der Waals surface area contributed by atoms with Crippen LogP contribution in [0.3, 0.4) is 0 Å². The summed E-state index contributed by atoms with van der Waals surface area (Å²) in [4.78, 5) is -0.158. The lowest BCUT2D eigenvalue weighted by atomic mass is 10.2. The standard InChI is InChI=1S/C18H21NO7S2/c1-12-6-7-17(26-2)18(8-12)28(24,25)19(13-4-3-5-14(20)9-13)15-10-27(22,23)11-16(15)21/h3-9,15-16,20-21H,10-11H2,1-2H3/t15-,16+/m0/s1. The molecule has 1 aliphatic rings. The Morgan fingerprint density at radius 2 is 1.86 bits per heavy atom. The Balaban J connectivity index is 2.24. The van der Waals surface area contributed by atoms with Crippen molar-refractivity contribution in [1.82, 2.24) is 0 Å². The molecule has 152 valence electrons. The first-order chi connectivity index (χ1) is 13.0. The third-order valence-corrected chi connectivity index (χ3v) is 8.11. The molecule has 0 amide bonds. The van der Waals surface area contributed by atoms with Crippen molar-refractivity contribution in [3.05, 3.63) is 48.0 Å². The largest absolute Gasteiger partial charge is 0.508 e. The molecule has 28 heavy (non-hydrogen) atoms. The minimum absolute atomic E-state index is 0.0460. The van der Waals surface area contributed by atoms with Crippen LogP contribution in [0.4, 0.5) is 5.69 Å². The average molecular weight is 428 g/mol. The third-order valence-electron chi connectivity index (χ3n) is 4.53. The van der Waals surface area contributed by atoms with E-state index in [0.717, 1.165) is 4.31 Å². The number of methoxy groups -OCH3 is 1. The summed E-state index contributed by atoms with van der Waals surface area (Å²) >= 11 is 0. The van der Waals surface area contributed by atoms with E-state index in [0.29, 0.717) is 5.56 Å². The highest BCUT2D eigenvalue weighted by molar-refractivity contribution is 7.93. The Labute approximate surface area is 164 Å². The maximum atomic E-state index is 13.6. The predicted molar refractivity (Wildman–Crippen MR) is 104 cm³/mol. The van der Waals surface area contributed by atoms with E-state index >= 15 is 0 Å². The summed E-state index contributed by atoms with van der Waals surface area (Å²) in [6.45, 7) is 1.71. The number of rotatable bonds is 5. The molecule has 0 aliphatic carbocycles. The van der Waals surface area contributed by atoms with Gasteiger partial charge in [0.25, 0.3) is 10.0 Å². The van der Waals surface area contributed by atoms with Crippen LogP contribution in [0.2, 0.25) is 0 Å². The zero-order valence-electron chi connectivity index (χ0n) is 15.3. The van der Waals surface area contributed by atoms with Crippen molar-refractivity contribution in [1.29, 1.82) is 0 Å². The number of anilines is 1. The van der Waals surface area contributed by atoms with E-state index in [1.807, 2.05) is 0 Å². The van der Waals surface area contributed by atoms with Crippen LogP contribution in [0.25, 0.3) is 0 Å². The number of phenols is 1. The number of nitrogens with zero attached hydrogens (tertiary/aromatic N) is 1. The minimum atomic E-state index is -4.33. The Kier molecular flexibility index (Phi) is 5.30. The number of hydrogen-bond donors (Lipinski definition) is 2. The lowest BCUT2D eigenvalue weighted by Gasteiger charge is -2.32. The molecule has 2 aromatic carbocycles. The lowest BCUT2D eigenvalue weighted by Crippen LogP contribution is -2.47. The SMILES string of the molecule is COc1ccc(C)cc1S(=O)(=O)N(c1cccc(O)c1)[C@H]1CS(=O)(=O)C[C@H]1O. The minimum Gasteiger partial charge on any atom is -0.508 e. The van der Waals surface area contributed by atoms with Crippen LogP contribution in [0, 0.1) is 6.92 Å². The highest BCUT2D eigenvalue weighted by Gasteiger charge is 2.45. The van der Waals surface area contributed by atoms with E-state index in [2.05, 4.69) is 0 Å². The molecule has 0 spiro atoms. The van der Waals surface area contributed by atoms with Crippen LogP contribution in [0.15, 0.2) is 47.4 Å². The fraction of sp³-hybridized carbons (Fsp3) is 0.333. The van der Waals surface area contributed by atoms with Gasteiger partial charge in [-0.25, -0.2) is 16.8 Å². The lowest BCUT2D eigenvalue weighted by molar-refractivity contribution is 0.184. The summed E-state index contributed by atoms with van der Waals surface area (Å²) in [7, 11) is -6.62. The Bertz CT molecular complexity index is 1100. The number of phenolic OH excluding ortho intramolecular Hbond substituents is 1. The number of aromatic hydroxyl groups is 1. The molecule has 0 aromatic heterocycles. The number of hydrogen-bond acceptors (Lipinski definition) is 7. The smallest absolute Gasteiger partial charge is 0.268 e. The second-order valence-corrected chi connectivity index (χ2v) is 10.6. The summed E-state index contributed by atoms with van der Waals surface area (Å²) in [5.41, 5.74) is 0.708. The van der Waals surface area contributed by atoms with Crippen LogP contribution in [-0.4, -0.2) is 57.8 Å². The number of sulfonamides is 1. The van der Waals surface area contributed by atoms with Gasteiger partial charge < -0.3 is 14.9 Å². The van der Waals surface area contributed by atoms with Crippen LogP contribution in [-0.2, 0) is 19.9 Å². The Hall–Kier alpha value is -2.30. The maximum absolute atomic E-state index is 13.6. The van der Waals surface area contributed by atoms with E-state index in [-0.39, 0.29) is 22.1 Å².